The first kappa shape index (κ1) is 84.1. The van der Waals surface area contributed by atoms with Crippen LogP contribution in [0.2, 0.25) is 0 Å². The highest BCUT2D eigenvalue weighted by atomic mass is 16.5. The van der Waals surface area contributed by atoms with Gasteiger partial charge in [0.05, 0.1) is 98.5 Å². The Bertz CT molecular complexity index is 4960. The van der Waals surface area contributed by atoms with Gasteiger partial charge in [-0.25, -0.2) is 0 Å². The fourth-order valence-corrected chi connectivity index (χ4v) is 23.5. The summed E-state index contributed by atoms with van der Waals surface area (Å²) in [6, 6.07) is 51.4. The van der Waals surface area contributed by atoms with Crippen LogP contribution in [0.25, 0.3) is 65.2 Å². The monoisotopic (exact) mass is 1640 g/mol. The zero-order valence-electron chi connectivity index (χ0n) is 71.0. The van der Waals surface area contributed by atoms with Crippen molar-refractivity contribution in [3.05, 3.63) is 193 Å². The fourth-order valence-electron chi connectivity index (χ4n) is 23.5. The molecule has 12 aliphatic rings. The minimum absolute atomic E-state index is 0. The van der Waals surface area contributed by atoms with Crippen LogP contribution in [0, 0.1) is 47.3 Å². The van der Waals surface area contributed by atoms with E-state index in [0.29, 0.717) is 74.1 Å². The summed E-state index contributed by atoms with van der Waals surface area (Å²) in [5.74, 6) is 11.8. The summed E-state index contributed by atoms with van der Waals surface area (Å²) in [6.07, 6.45) is 22.5. The second-order valence-corrected chi connectivity index (χ2v) is 35.6. The highest BCUT2D eigenvalue weighted by molar-refractivity contribution is 5.92. The average molecular weight is 1650 g/mol. The Labute approximate surface area is 720 Å². The van der Waals surface area contributed by atoms with Gasteiger partial charge in [-0.05, 0) is 268 Å². The van der Waals surface area contributed by atoms with Gasteiger partial charge in [0.2, 0.25) is 23.5 Å². The van der Waals surface area contributed by atoms with Crippen LogP contribution < -0.4 is 37.9 Å². The number of benzene rings is 6. The van der Waals surface area contributed by atoms with Gasteiger partial charge < -0.3 is 37.9 Å². The number of methoxy groups -OCH3 is 4. The molecule has 122 heavy (non-hydrogen) atoms. The highest BCUT2D eigenvalue weighted by Gasteiger charge is 2.48. The predicted octanol–water partition coefficient (Wildman–Crippen LogP) is 19.9. The van der Waals surface area contributed by atoms with Gasteiger partial charge in [0, 0.05) is 120 Å². The van der Waals surface area contributed by atoms with Crippen LogP contribution in [-0.2, 0) is 0 Å². The van der Waals surface area contributed by atoms with Crippen LogP contribution in [-0.4, -0.2) is 191 Å². The Kier molecular flexibility index (Phi) is 25.6. The third kappa shape index (κ3) is 16.4. The molecular weight excluding hydrogens is 1520 g/mol. The van der Waals surface area contributed by atoms with Gasteiger partial charge >= 0.3 is 0 Å². The van der Waals surface area contributed by atoms with Gasteiger partial charge in [0.25, 0.3) is 0 Å². The summed E-state index contributed by atoms with van der Waals surface area (Å²) >= 11 is 0. The predicted molar refractivity (Wildman–Crippen MR) is 486 cm³/mol. The maximum absolute atomic E-state index is 6.89. The molecule has 6 aromatic heterocycles. The Balaban J connectivity index is 0.000000171. The molecule has 20 nitrogen and oxygen atoms in total. The molecule has 0 N–H and O–H groups in total. The van der Waals surface area contributed by atoms with Crippen molar-refractivity contribution in [1.82, 2.24) is 59.9 Å². The number of aromatic nitrogens is 8. The van der Waals surface area contributed by atoms with Crippen molar-refractivity contribution in [2.75, 3.05) is 107 Å². The molecule has 8 bridgehead atoms. The first-order valence-electron chi connectivity index (χ1n) is 44.7. The summed E-state index contributed by atoms with van der Waals surface area (Å²) in [4.78, 5) is 29.9. The second-order valence-electron chi connectivity index (χ2n) is 35.6. The summed E-state index contributed by atoms with van der Waals surface area (Å²) in [7, 11) is 6.90. The Morgan fingerprint density at radius 2 is 0.533 bits per heavy atom. The zero-order valence-corrected chi connectivity index (χ0v) is 71.0. The van der Waals surface area contributed by atoms with Crippen LogP contribution in [0.3, 0.4) is 0 Å². The lowest BCUT2D eigenvalue weighted by atomic mass is 9.70. The molecule has 0 spiro atoms. The number of ether oxygens (including phenoxy) is 8. The maximum Gasteiger partial charge on any atom is 0.241 e. The van der Waals surface area contributed by atoms with E-state index in [2.05, 4.69) is 144 Å². The Hall–Kier alpha value is -10.1. The van der Waals surface area contributed by atoms with E-state index in [0.717, 1.165) is 188 Å². The minimum atomic E-state index is 0. The number of hydrogen-bond acceptors (Lipinski definition) is 20. The molecule has 12 saturated heterocycles. The van der Waals surface area contributed by atoms with E-state index in [1.54, 1.807) is 28.4 Å². The van der Waals surface area contributed by atoms with Crippen molar-refractivity contribution < 1.29 is 37.9 Å². The van der Waals surface area contributed by atoms with Crippen molar-refractivity contribution in [2.24, 2.45) is 47.3 Å². The average Bonchev–Trinajstić information content (AvgIpc) is 0.768. The van der Waals surface area contributed by atoms with Gasteiger partial charge in [-0.2, -0.15) is 0 Å². The number of nitrogens with zero attached hydrogens (tertiary/aromatic N) is 12. The van der Waals surface area contributed by atoms with Crippen molar-refractivity contribution in [1.29, 1.82) is 0 Å². The van der Waals surface area contributed by atoms with Crippen LogP contribution in [0.4, 0.5) is 0 Å². The fraction of sp³-hybridized carbons (Fsp3) is 0.490. The van der Waals surface area contributed by atoms with E-state index < -0.39 is 0 Å². The normalized spacial score (nSPS) is 26.5. The van der Waals surface area contributed by atoms with E-state index in [1.807, 2.05) is 73.3 Å². The molecule has 18 heterocycles. The first-order valence-corrected chi connectivity index (χ1v) is 44.7. The molecule has 24 rings (SSSR count). The summed E-state index contributed by atoms with van der Waals surface area (Å²) in [5.41, 5.74) is 8.83. The van der Waals surface area contributed by atoms with Gasteiger partial charge in [-0.15, -0.1) is 20.4 Å². The van der Waals surface area contributed by atoms with Crippen LogP contribution in [0.1, 0.15) is 166 Å². The number of piperidine rings is 12. The van der Waals surface area contributed by atoms with E-state index >= 15 is 0 Å². The molecule has 0 radical (unpaired) electrons. The third-order valence-electron chi connectivity index (χ3n) is 30.1. The molecule has 0 amide bonds. The van der Waals surface area contributed by atoms with Crippen LogP contribution in [0.5, 0.6) is 46.5 Å². The van der Waals surface area contributed by atoms with Crippen molar-refractivity contribution in [2.45, 2.75) is 167 Å². The van der Waals surface area contributed by atoms with Gasteiger partial charge in [0.1, 0.15) is 23.0 Å². The summed E-state index contributed by atoms with van der Waals surface area (Å²) in [6.45, 7) is 20.4. The van der Waals surface area contributed by atoms with Crippen molar-refractivity contribution in [3.8, 4) is 46.5 Å². The number of fused-ring (bicyclic) bond motifs is 18. The van der Waals surface area contributed by atoms with Crippen LogP contribution >= 0.6 is 0 Å². The molecule has 20 heteroatoms. The minimum Gasteiger partial charge on any atom is -0.497 e. The van der Waals surface area contributed by atoms with Gasteiger partial charge in [-0.1, -0.05) is 92.5 Å². The molecule has 12 aliphatic heterocycles. The maximum atomic E-state index is 6.89. The molecule has 20 atom stereocenters. The second kappa shape index (κ2) is 37.1. The number of pyridine rings is 4. The topological polar surface area (TPSA) is 190 Å². The van der Waals surface area contributed by atoms with Gasteiger partial charge in [0.15, 0.2) is 0 Å². The number of rotatable bonds is 28. The molecular formula is C102H124N12O8. The largest absolute Gasteiger partial charge is 0.497 e. The van der Waals surface area contributed by atoms with Crippen LogP contribution in [0.15, 0.2) is 170 Å². The van der Waals surface area contributed by atoms with E-state index in [1.165, 1.54) is 99.3 Å². The highest BCUT2D eigenvalue weighted by Crippen LogP contribution is 2.51. The zero-order chi connectivity index (χ0) is 81.5. The molecule has 12 fully saturated rings. The molecule has 12 aromatic rings. The van der Waals surface area contributed by atoms with E-state index in [-0.39, 0.29) is 38.5 Å². The van der Waals surface area contributed by atoms with Gasteiger partial charge in [-0.3, -0.25) is 39.5 Å². The van der Waals surface area contributed by atoms with E-state index in [9.17, 15) is 0 Å². The molecule has 0 saturated carbocycles. The quantitative estimate of drug-likeness (QED) is 0.0449. The summed E-state index contributed by atoms with van der Waals surface area (Å²) in [5, 5.41) is 27.3. The Morgan fingerprint density at radius 1 is 0.303 bits per heavy atom. The lowest BCUT2D eigenvalue weighted by Crippen LogP contribution is -2.55. The first-order chi connectivity index (χ1) is 59.1. The lowest BCUT2D eigenvalue weighted by Gasteiger charge is -2.52. The van der Waals surface area contributed by atoms with Crippen molar-refractivity contribution in [3.63, 3.8) is 0 Å². The molecule has 6 aromatic carbocycles. The summed E-state index contributed by atoms with van der Waals surface area (Å²) < 4.78 is 50.4. The third-order valence-corrected chi connectivity index (χ3v) is 30.1. The Morgan fingerprint density at radius 3 is 0.730 bits per heavy atom. The number of hydrogen-bond donors (Lipinski definition) is 0. The molecule has 10 unspecified atom stereocenters. The standard InChI is InChI=1S/2C50H58N6O4.2CH4/c2*1-5-31-27-55-21-17-33(31)23-47(55)43(37-15-19-51-45-13-11-35(57-3)25-41(37)45)29-59-49-39-9-7-8-10-40(39)50(54-53-49)60-30-44(48-24-34-18-22-56(48)28-32(34)6-2)38-16-20-52-46-14-12-36(58-4)26-42(38)46;;/h2*7-16,19-20,25-26,31-34,43-44,47-48H,5-6,17-18,21-24,27-30H2,1-4H3;2*1H4/t31?,32?,33-,34?,43+,44+,47-,48-;31?,32?,33-,34?,43-,44-,47+,48+;;/m11../s1. The smallest absolute Gasteiger partial charge is 0.241 e. The lowest BCUT2D eigenvalue weighted by molar-refractivity contribution is -0.0177. The van der Waals surface area contributed by atoms with Crippen molar-refractivity contribution >= 4 is 65.2 Å². The SMILES string of the molecule is C.C.CCC1CN2CCC1C[C@@H]2[C@@H](COc1nnc(OC[C@@H](c2ccnc3ccc(OC)cc23)[C@H]2C[C@H]3CCN2CC3CC)c2ccccc12)c1ccnc2ccc(OC)cc12.CCC1CN2CCC1C[C@H]2[C@H](COc1nnc(OC[C@H](c2ccnc3ccc(OC)cc23)[C@@H]2C[C@H]3CCN2CC3CC)c2ccccc12)c1ccnc2ccc(OC)cc12. The van der Waals surface area contributed by atoms with E-state index in [4.69, 9.17) is 78.2 Å². The molecule has 640 valence electrons. The molecule has 0 aliphatic carbocycles.